The van der Waals surface area contributed by atoms with Gasteiger partial charge in [0.05, 0.1) is 22.9 Å². The lowest BCUT2D eigenvalue weighted by Gasteiger charge is -2.26. The van der Waals surface area contributed by atoms with E-state index < -0.39 is 0 Å². The third-order valence-corrected chi connectivity index (χ3v) is 5.22. The minimum atomic E-state index is -0.325. The molecule has 5 heteroatoms. The lowest BCUT2D eigenvalue weighted by Crippen LogP contribution is -2.23. The lowest BCUT2D eigenvalue weighted by atomic mass is 9.85. The highest BCUT2D eigenvalue weighted by atomic mass is 14.9. The quantitative estimate of drug-likeness (QED) is 0.573. The van der Waals surface area contributed by atoms with Gasteiger partial charge in [0.25, 0.3) is 0 Å². The van der Waals surface area contributed by atoms with E-state index in [1.807, 2.05) is 78.7 Å². The van der Waals surface area contributed by atoms with Crippen molar-refractivity contribution in [2.45, 2.75) is 25.2 Å². The third kappa shape index (κ3) is 5.59. The van der Waals surface area contributed by atoms with Crippen molar-refractivity contribution in [2.24, 2.45) is 0 Å². The van der Waals surface area contributed by atoms with E-state index in [9.17, 15) is 15.9 Å². The fourth-order valence-electron chi connectivity index (χ4n) is 3.62. The van der Waals surface area contributed by atoms with Crippen LogP contribution in [-0.4, -0.2) is 19.0 Å². The summed E-state index contributed by atoms with van der Waals surface area (Å²) in [6.45, 7) is 2.50. The number of allylic oxidation sites excluding steroid dienone is 3. The summed E-state index contributed by atoms with van der Waals surface area (Å²) in [7, 11) is 0. The normalized spacial score (nSPS) is 17.5. The van der Waals surface area contributed by atoms with E-state index in [1.165, 1.54) is 32.4 Å². The summed E-state index contributed by atoms with van der Waals surface area (Å²) in [6.07, 6.45) is 6.17. The van der Waals surface area contributed by atoms with Crippen molar-refractivity contribution in [2.75, 3.05) is 13.1 Å². The maximum atomic E-state index is 9.68. The van der Waals surface area contributed by atoms with E-state index in [4.69, 9.17) is 0 Å². The topological polar surface area (TPSA) is 93.9 Å². The van der Waals surface area contributed by atoms with Crippen LogP contribution in [0.3, 0.4) is 0 Å². The Morgan fingerprint density at radius 3 is 2.03 bits per heavy atom. The van der Waals surface area contributed by atoms with Gasteiger partial charge in [-0.25, -0.2) is 5.87 Å². The Bertz CT molecular complexity index is 1060. The minimum absolute atomic E-state index is 0.0981. The number of dihydropyridines is 1. The first-order chi connectivity index (χ1) is 15.3. The second kappa shape index (κ2) is 11.3. The number of rotatable bonds is 3. The Morgan fingerprint density at radius 2 is 1.55 bits per heavy atom. The summed E-state index contributed by atoms with van der Waals surface area (Å²) in [5.74, 6) is 1.56. The van der Waals surface area contributed by atoms with Crippen LogP contribution in [-0.2, 0) is 0 Å². The van der Waals surface area contributed by atoms with Crippen LogP contribution in [0.25, 0.3) is 11.1 Å². The monoisotopic (exact) mass is 406 g/mol. The SMILES string of the molecule is C1CCNCC1.N#CC(=C=[N-])C1=C(C#N)C(c2ccccc2)C=C(c2ccccc2)N1. The molecule has 4 rings (SSSR count). The van der Waals surface area contributed by atoms with Gasteiger partial charge in [0.2, 0.25) is 0 Å². The second-order valence-corrected chi connectivity index (χ2v) is 7.27. The van der Waals surface area contributed by atoms with Crippen molar-refractivity contribution >= 4 is 11.6 Å². The maximum Gasteiger partial charge on any atom is 0.108 e. The van der Waals surface area contributed by atoms with Crippen molar-refractivity contribution in [1.29, 1.82) is 10.5 Å². The zero-order chi connectivity index (χ0) is 21.9. The smallest absolute Gasteiger partial charge is 0.108 e. The average Bonchev–Trinajstić information content (AvgIpc) is 2.87. The van der Waals surface area contributed by atoms with Gasteiger partial charge in [0.15, 0.2) is 0 Å². The molecular formula is C26H24N5-. The van der Waals surface area contributed by atoms with E-state index in [1.54, 1.807) is 0 Å². The Kier molecular flexibility index (Phi) is 7.97. The number of nitrogens with one attached hydrogen (secondary N) is 2. The van der Waals surface area contributed by atoms with Crippen LogP contribution < -0.4 is 10.6 Å². The van der Waals surface area contributed by atoms with Crippen molar-refractivity contribution in [3.63, 3.8) is 0 Å². The Balaban J connectivity index is 0.000000391. The highest BCUT2D eigenvalue weighted by Crippen LogP contribution is 2.35. The number of hydrogen-bond donors (Lipinski definition) is 2. The number of hydrogen-bond acceptors (Lipinski definition) is 4. The van der Waals surface area contributed by atoms with Gasteiger partial charge in [-0.05, 0) is 43.1 Å². The van der Waals surface area contributed by atoms with E-state index in [2.05, 4.69) is 16.7 Å². The number of benzene rings is 2. The predicted octanol–water partition coefficient (Wildman–Crippen LogP) is 4.64. The van der Waals surface area contributed by atoms with E-state index in [0.717, 1.165) is 16.8 Å². The molecule has 2 N–H and O–H groups in total. The Hall–Kier alpha value is -3.89. The lowest BCUT2D eigenvalue weighted by molar-refractivity contribution is 0.520. The molecule has 0 saturated carbocycles. The van der Waals surface area contributed by atoms with Crippen LogP contribution in [0.5, 0.6) is 0 Å². The summed E-state index contributed by atoms with van der Waals surface area (Å²) < 4.78 is 0. The van der Waals surface area contributed by atoms with Gasteiger partial charge in [0.1, 0.15) is 6.07 Å². The molecule has 0 spiro atoms. The molecule has 2 aromatic rings. The van der Waals surface area contributed by atoms with Crippen molar-refractivity contribution in [3.8, 4) is 12.1 Å². The first-order valence-electron chi connectivity index (χ1n) is 10.4. The molecular weight excluding hydrogens is 382 g/mol. The maximum absolute atomic E-state index is 9.68. The van der Waals surface area contributed by atoms with Gasteiger partial charge >= 0.3 is 0 Å². The average molecular weight is 407 g/mol. The molecule has 31 heavy (non-hydrogen) atoms. The van der Waals surface area contributed by atoms with Crippen molar-refractivity contribution < 1.29 is 0 Å². The van der Waals surface area contributed by atoms with Gasteiger partial charge in [0, 0.05) is 11.6 Å². The van der Waals surface area contributed by atoms with Crippen molar-refractivity contribution in [3.05, 3.63) is 100 Å². The molecule has 1 saturated heterocycles. The Labute approximate surface area is 183 Å². The zero-order valence-electron chi connectivity index (χ0n) is 17.3. The first-order valence-corrected chi connectivity index (χ1v) is 10.4. The molecule has 2 aliphatic heterocycles. The van der Waals surface area contributed by atoms with Crippen LogP contribution >= 0.6 is 0 Å². The third-order valence-electron chi connectivity index (χ3n) is 5.22. The summed E-state index contributed by atoms with van der Waals surface area (Å²) >= 11 is 0. The van der Waals surface area contributed by atoms with Crippen LogP contribution in [0.1, 0.15) is 36.3 Å². The molecule has 2 aromatic carbocycles. The summed E-state index contributed by atoms with van der Waals surface area (Å²) in [5, 5.41) is 34.7. The Morgan fingerprint density at radius 1 is 0.903 bits per heavy atom. The van der Waals surface area contributed by atoms with Gasteiger partial charge < -0.3 is 16.0 Å². The molecule has 1 unspecified atom stereocenters. The molecule has 1 atom stereocenters. The van der Waals surface area contributed by atoms with E-state index in [-0.39, 0.29) is 17.2 Å². The molecule has 1 fully saturated rings. The fraction of sp³-hybridized carbons (Fsp3) is 0.231. The summed E-state index contributed by atoms with van der Waals surface area (Å²) in [6, 6.07) is 23.3. The molecule has 154 valence electrons. The van der Waals surface area contributed by atoms with Gasteiger partial charge in [-0.15, -0.1) is 0 Å². The van der Waals surface area contributed by atoms with Crippen LogP contribution in [0.4, 0.5) is 0 Å². The molecule has 0 radical (unpaired) electrons. The van der Waals surface area contributed by atoms with Crippen LogP contribution in [0.15, 0.2) is 83.6 Å². The number of nitriles is 2. The van der Waals surface area contributed by atoms with Crippen molar-refractivity contribution in [1.82, 2.24) is 10.6 Å². The van der Waals surface area contributed by atoms with Gasteiger partial charge in [-0.3, -0.25) is 0 Å². The molecule has 0 aromatic heterocycles. The summed E-state index contributed by atoms with van der Waals surface area (Å²) in [5.41, 5.74) is 3.17. The van der Waals surface area contributed by atoms with Gasteiger partial charge in [-0.1, -0.05) is 67.1 Å². The van der Waals surface area contributed by atoms with Gasteiger partial charge in [-0.2, -0.15) is 10.5 Å². The molecule has 0 bridgehead atoms. The summed E-state index contributed by atoms with van der Waals surface area (Å²) in [4.78, 5) is 0. The van der Waals surface area contributed by atoms with E-state index in [0.29, 0.717) is 5.57 Å². The number of piperidine rings is 1. The van der Waals surface area contributed by atoms with Crippen LogP contribution in [0.2, 0.25) is 0 Å². The molecule has 2 aliphatic rings. The highest BCUT2D eigenvalue weighted by molar-refractivity contribution is 5.80. The minimum Gasteiger partial charge on any atom is -0.762 e. The first kappa shape index (κ1) is 21.8. The standard InChI is InChI=1S/C21H13N4.C5H11N/c22-12-17(13-23)21-19(14-24)18(15-7-3-1-4-8-15)11-20(25-21)16-9-5-2-6-10-16;1-2-4-6-5-3-1/h1-11,18,25H;6H,1-5H2/q-1;. The fourth-order valence-corrected chi connectivity index (χ4v) is 3.62. The zero-order valence-corrected chi connectivity index (χ0v) is 17.3. The number of nitrogens with zero attached hydrogens (tertiary/aromatic N) is 3. The molecule has 2 heterocycles. The highest BCUT2D eigenvalue weighted by Gasteiger charge is 2.26. The molecule has 0 amide bonds. The molecule has 0 aliphatic carbocycles. The van der Waals surface area contributed by atoms with E-state index >= 15 is 0 Å². The second-order valence-electron chi connectivity index (χ2n) is 7.27. The predicted molar refractivity (Wildman–Crippen MR) is 124 cm³/mol. The van der Waals surface area contributed by atoms with Crippen LogP contribution in [0, 0.1) is 22.7 Å². The largest absolute Gasteiger partial charge is 0.762 e. The molecule has 5 nitrogen and oxygen atoms in total.